The first-order chi connectivity index (χ1) is 14.1. The molecule has 30 heavy (non-hydrogen) atoms. The monoisotopic (exact) mass is 448 g/mol. The highest BCUT2D eigenvalue weighted by Gasteiger charge is 2.30. The van der Waals surface area contributed by atoms with E-state index in [2.05, 4.69) is 5.32 Å². The maximum absolute atomic E-state index is 13.2. The summed E-state index contributed by atoms with van der Waals surface area (Å²) >= 11 is 12.2. The lowest BCUT2D eigenvalue weighted by Crippen LogP contribution is -2.53. The van der Waals surface area contributed by atoms with Gasteiger partial charge in [-0.05, 0) is 56.9 Å². The van der Waals surface area contributed by atoms with Crippen molar-refractivity contribution in [3.63, 3.8) is 0 Å². The number of hydrogen-bond donors (Lipinski definition) is 1. The Bertz CT molecular complexity index is 863. The molecule has 0 aliphatic heterocycles. The third-order valence-corrected chi connectivity index (χ3v) is 5.43. The Hall–Kier alpha value is -2.04. The first-order valence-corrected chi connectivity index (χ1v) is 11.0. The Balaban J connectivity index is 2.25. The van der Waals surface area contributed by atoms with Gasteiger partial charge in [-0.15, -0.1) is 0 Å². The van der Waals surface area contributed by atoms with Gasteiger partial charge in [-0.1, -0.05) is 66.5 Å². The second-order valence-corrected chi connectivity index (χ2v) is 9.23. The number of aryl methyl sites for hydroxylation is 1. The van der Waals surface area contributed by atoms with E-state index >= 15 is 0 Å². The molecule has 0 aromatic heterocycles. The molecule has 1 atom stereocenters. The summed E-state index contributed by atoms with van der Waals surface area (Å²) in [4.78, 5) is 27.9. The number of nitrogens with one attached hydrogen (secondary N) is 1. The summed E-state index contributed by atoms with van der Waals surface area (Å²) < 4.78 is 0. The second-order valence-electron chi connectivity index (χ2n) is 8.42. The van der Waals surface area contributed by atoms with Gasteiger partial charge in [0.1, 0.15) is 6.04 Å². The number of hydrogen-bond acceptors (Lipinski definition) is 2. The van der Waals surface area contributed by atoms with Crippen LogP contribution in [0.3, 0.4) is 0 Å². The van der Waals surface area contributed by atoms with Gasteiger partial charge in [0, 0.05) is 18.5 Å². The minimum atomic E-state index is -0.568. The summed E-state index contributed by atoms with van der Waals surface area (Å²) in [6.45, 7) is 7.99. The lowest BCUT2D eigenvalue weighted by Gasteiger charge is -2.33. The lowest BCUT2D eigenvalue weighted by atomic mass is 10.0. The molecule has 0 aliphatic carbocycles. The van der Waals surface area contributed by atoms with E-state index in [0.717, 1.165) is 11.1 Å². The molecule has 2 aromatic carbocycles. The molecule has 0 aliphatic rings. The van der Waals surface area contributed by atoms with Crippen molar-refractivity contribution < 1.29 is 9.59 Å². The van der Waals surface area contributed by atoms with Crippen molar-refractivity contribution in [3.8, 4) is 0 Å². The van der Waals surface area contributed by atoms with Gasteiger partial charge in [0.25, 0.3) is 0 Å². The van der Waals surface area contributed by atoms with E-state index < -0.39 is 6.04 Å². The number of halogens is 2. The predicted octanol–water partition coefficient (Wildman–Crippen LogP) is 5.65. The number of benzene rings is 2. The van der Waals surface area contributed by atoms with Crippen LogP contribution in [0.15, 0.2) is 48.5 Å². The van der Waals surface area contributed by atoms with Crippen molar-refractivity contribution in [3.05, 3.63) is 69.7 Å². The molecule has 0 saturated heterocycles. The highest BCUT2D eigenvalue weighted by Crippen LogP contribution is 2.24. The Morgan fingerprint density at radius 3 is 2.23 bits per heavy atom. The van der Waals surface area contributed by atoms with Crippen LogP contribution in [0.4, 0.5) is 0 Å². The number of amides is 2. The van der Waals surface area contributed by atoms with Crippen molar-refractivity contribution in [2.24, 2.45) is 0 Å². The van der Waals surface area contributed by atoms with E-state index in [1.165, 1.54) is 0 Å². The lowest BCUT2D eigenvalue weighted by molar-refractivity contribution is -0.142. The van der Waals surface area contributed by atoms with E-state index in [4.69, 9.17) is 23.2 Å². The standard InChI is InChI=1S/C24H30Cl2N2O2/c1-5-21(23(30)27-24(2,3)4)28(16-18-11-13-19(25)20(26)15-18)22(29)14-12-17-9-7-6-8-10-17/h6-11,13,15,21H,5,12,14,16H2,1-4H3,(H,27,30). The van der Waals surface area contributed by atoms with E-state index in [-0.39, 0.29) is 17.4 Å². The molecule has 2 rings (SSSR count). The van der Waals surface area contributed by atoms with Crippen LogP contribution in [0.5, 0.6) is 0 Å². The van der Waals surface area contributed by atoms with Crippen molar-refractivity contribution in [2.75, 3.05) is 0 Å². The molecule has 0 radical (unpaired) electrons. The van der Waals surface area contributed by atoms with Gasteiger partial charge in [-0.25, -0.2) is 0 Å². The van der Waals surface area contributed by atoms with Crippen LogP contribution in [0.1, 0.15) is 51.7 Å². The van der Waals surface area contributed by atoms with Crippen LogP contribution in [-0.4, -0.2) is 28.3 Å². The molecule has 2 amide bonds. The van der Waals surface area contributed by atoms with Crippen molar-refractivity contribution in [1.29, 1.82) is 0 Å². The SMILES string of the molecule is CCC(C(=O)NC(C)(C)C)N(Cc1ccc(Cl)c(Cl)c1)C(=O)CCc1ccccc1. The van der Waals surface area contributed by atoms with Gasteiger partial charge >= 0.3 is 0 Å². The van der Waals surface area contributed by atoms with Crippen LogP contribution in [0, 0.1) is 0 Å². The second kappa shape index (κ2) is 10.8. The molecule has 0 heterocycles. The minimum absolute atomic E-state index is 0.0687. The maximum atomic E-state index is 13.2. The van der Waals surface area contributed by atoms with E-state index in [1.54, 1.807) is 17.0 Å². The number of carbonyl (C=O) groups excluding carboxylic acids is 2. The first kappa shape index (κ1) is 24.2. The topological polar surface area (TPSA) is 49.4 Å². The van der Waals surface area contributed by atoms with Crippen LogP contribution in [0.2, 0.25) is 10.0 Å². The number of carbonyl (C=O) groups is 2. The molecule has 2 aromatic rings. The van der Waals surface area contributed by atoms with Crippen molar-refractivity contribution in [1.82, 2.24) is 10.2 Å². The summed E-state index contributed by atoms with van der Waals surface area (Å²) in [5, 5.41) is 3.89. The molecule has 0 fully saturated rings. The number of nitrogens with zero attached hydrogens (tertiary/aromatic N) is 1. The quantitative estimate of drug-likeness (QED) is 0.566. The molecule has 0 saturated carbocycles. The van der Waals surface area contributed by atoms with Crippen LogP contribution >= 0.6 is 23.2 Å². The molecular weight excluding hydrogens is 419 g/mol. The van der Waals surface area contributed by atoms with Gasteiger partial charge < -0.3 is 10.2 Å². The molecule has 1 unspecified atom stereocenters. The number of rotatable bonds is 8. The van der Waals surface area contributed by atoms with Crippen LogP contribution in [0.25, 0.3) is 0 Å². The summed E-state index contributed by atoms with van der Waals surface area (Å²) in [5.74, 6) is -0.223. The van der Waals surface area contributed by atoms with Gasteiger partial charge in [0.15, 0.2) is 0 Å². The predicted molar refractivity (Wildman–Crippen MR) is 124 cm³/mol. The minimum Gasteiger partial charge on any atom is -0.350 e. The van der Waals surface area contributed by atoms with E-state index in [0.29, 0.717) is 35.9 Å². The summed E-state index contributed by atoms with van der Waals surface area (Å²) in [6.07, 6.45) is 1.46. The zero-order valence-corrected chi connectivity index (χ0v) is 19.6. The Morgan fingerprint density at radius 1 is 1.00 bits per heavy atom. The van der Waals surface area contributed by atoms with E-state index in [9.17, 15) is 9.59 Å². The molecular formula is C24H30Cl2N2O2. The Morgan fingerprint density at radius 2 is 1.67 bits per heavy atom. The van der Waals surface area contributed by atoms with Gasteiger partial charge in [-0.3, -0.25) is 9.59 Å². The molecule has 6 heteroatoms. The maximum Gasteiger partial charge on any atom is 0.243 e. The van der Waals surface area contributed by atoms with E-state index in [1.807, 2.05) is 64.1 Å². The van der Waals surface area contributed by atoms with Crippen molar-refractivity contribution in [2.45, 2.75) is 65.1 Å². The average Bonchev–Trinajstić information content (AvgIpc) is 2.68. The molecule has 1 N–H and O–H groups in total. The molecule has 162 valence electrons. The average molecular weight is 449 g/mol. The Kier molecular flexibility index (Phi) is 8.75. The van der Waals surface area contributed by atoms with Gasteiger partial charge in [0.2, 0.25) is 11.8 Å². The molecule has 0 spiro atoms. The van der Waals surface area contributed by atoms with Gasteiger partial charge in [-0.2, -0.15) is 0 Å². The van der Waals surface area contributed by atoms with Crippen LogP contribution in [-0.2, 0) is 22.6 Å². The zero-order chi connectivity index (χ0) is 22.3. The molecule has 4 nitrogen and oxygen atoms in total. The highest BCUT2D eigenvalue weighted by atomic mass is 35.5. The smallest absolute Gasteiger partial charge is 0.243 e. The first-order valence-electron chi connectivity index (χ1n) is 10.2. The fraction of sp³-hybridized carbons (Fsp3) is 0.417. The summed E-state index contributed by atoms with van der Waals surface area (Å²) in [7, 11) is 0. The summed E-state index contributed by atoms with van der Waals surface area (Å²) in [5.41, 5.74) is 1.54. The normalized spacial score (nSPS) is 12.3. The van der Waals surface area contributed by atoms with Crippen LogP contribution < -0.4 is 5.32 Å². The third-order valence-electron chi connectivity index (χ3n) is 4.69. The van der Waals surface area contributed by atoms with Crippen molar-refractivity contribution >= 4 is 35.0 Å². The fourth-order valence-electron chi connectivity index (χ4n) is 3.25. The van der Waals surface area contributed by atoms with Gasteiger partial charge in [0.05, 0.1) is 10.0 Å². The zero-order valence-electron chi connectivity index (χ0n) is 18.0. The largest absolute Gasteiger partial charge is 0.350 e. The molecule has 0 bridgehead atoms. The fourth-order valence-corrected chi connectivity index (χ4v) is 3.57. The third kappa shape index (κ3) is 7.33. The Labute approximate surface area is 189 Å². The highest BCUT2D eigenvalue weighted by molar-refractivity contribution is 6.42. The summed E-state index contributed by atoms with van der Waals surface area (Å²) in [6, 6.07) is 14.6.